The lowest BCUT2D eigenvalue weighted by atomic mass is 10.1. The van der Waals surface area contributed by atoms with Crippen molar-refractivity contribution in [3.8, 4) is 0 Å². The van der Waals surface area contributed by atoms with Gasteiger partial charge in [0.25, 0.3) is 5.91 Å². The molecule has 0 aliphatic rings. The highest BCUT2D eigenvalue weighted by Gasteiger charge is 2.16. The van der Waals surface area contributed by atoms with E-state index < -0.39 is 5.95 Å². The number of hydrogen-bond acceptors (Lipinski definition) is 3. The monoisotopic (exact) mass is 262 g/mol. The highest BCUT2D eigenvalue weighted by atomic mass is 19.1. The van der Waals surface area contributed by atoms with Crippen LogP contribution in [0.2, 0.25) is 0 Å². The molecule has 1 atom stereocenters. The van der Waals surface area contributed by atoms with Crippen molar-refractivity contribution in [1.29, 1.82) is 0 Å². The van der Waals surface area contributed by atoms with E-state index in [9.17, 15) is 9.18 Å². The minimum atomic E-state index is -0.671. The molecule has 19 heavy (non-hydrogen) atoms. The SMILES string of the molecule is Cc1cc(C(C)NC(=O)c2ccnc(F)c2)c(C)o1. The zero-order chi connectivity index (χ0) is 14.0. The van der Waals surface area contributed by atoms with E-state index in [0.29, 0.717) is 0 Å². The molecule has 1 unspecified atom stereocenters. The number of carbonyl (C=O) groups excluding carboxylic acids is 1. The molecular formula is C14H15FN2O2. The highest BCUT2D eigenvalue weighted by molar-refractivity contribution is 5.94. The smallest absolute Gasteiger partial charge is 0.251 e. The average Bonchev–Trinajstić information content (AvgIpc) is 2.68. The largest absolute Gasteiger partial charge is 0.466 e. The van der Waals surface area contributed by atoms with Crippen molar-refractivity contribution < 1.29 is 13.6 Å². The second-order valence-electron chi connectivity index (χ2n) is 4.43. The molecule has 2 rings (SSSR count). The standard InChI is InChI=1S/C14H15FN2O2/c1-8-6-12(10(3)19-8)9(2)17-14(18)11-4-5-16-13(15)7-11/h4-7,9H,1-3H3,(H,17,18). The third-order valence-electron chi connectivity index (χ3n) is 2.88. The van der Waals surface area contributed by atoms with Crippen molar-refractivity contribution in [2.45, 2.75) is 26.8 Å². The van der Waals surface area contributed by atoms with Crippen LogP contribution in [0.25, 0.3) is 0 Å². The summed E-state index contributed by atoms with van der Waals surface area (Å²) < 4.78 is 18.4. The summed E-state index contributed by atoms with van der Waals surface area (Å²) in [6, 6.07) is 4.25. The van der Waals surface area contributed by atoms with Crippen LogP contribution in [0.3, 0.4) is 0 Å². The fraction of sp³-hybridized carbons (Fsp3) is 0.286. The predicted octanol–water partition coefficient (Wildman–Crippen LogP) is 2.92. The summed E-state index contributed by atoms with van der Waals surface area (Å²) in [6.45, 7) is 5.55. The molecule has 0 aliphatic heterocycles. The Balaban J connectivity index is 2.13. The Morgan fingerprint density at radius 2 is 2.16 bits per heavy atom. The molecule has 2 aromatic heterocycles. The van der Waals surface area contributed by atoms with E-state index in [1.807, 2.05) is 26.8 Å². The molecule has 5 heteroatoms. The molecule has 0 fully saturated rings. The number of carbonyl (C=O) groups is 1. The maximum atomic E-state index is 12.9. The van der Waals surface area contributed by atoms with Crippen LogP contribution < -0.4 is 5.32 Å². The molecule has 0 saturated carbocycles. The summed E-state index contributed by atoms with van der Waals surface area (Å²) in [5, 5.41) is 2.80. The van der Waals surface area contributed by atoms with Crippen LogP contribution in [-0.4, -0.2) is 10.9 Å². The first-order valence-electron chi connectivity index (χ1n) is 5.96. The number of aryl methyl sites for hydroxylation is 2. The van der Waals surface area contributed by atoms with Gasteiger partial charge in [0.1, 0.15) is 11.5 Å². The molecule has 0 aliphatic carbocycles. The number of amides is 1. The third-order valence-corrected chi connectivity index (χ3v) is 2.88. The van der Waals surface area contributed by atoms with Crippen molar-refractivity contribution in [3.05, 3.63) is 53.0 Å². The number of pyridine rings is 1. The summed E-state index contributed by atoms with van der Waals surface area (Å²) in [7, 11) is 0. The molecule has 0 saturated heterocycles. The maximum Gasteiger partial charge on any atom is 0.251 e. The number of aromatic nitrogens is 1. The van der Waals surface area contributed by atoms with Crippen LogP contribution in [0.1, 0.15) is 40.4 Å². The minimum absolute atomic E-state index is 0.207. The van der Waals surface area contributed by atoms with Crippen LogP contribution in [0, 0.1) is 19.8 Å². The molecular weight excluding hydrogens is 247 g/mol. The number of rotatable bonds is 3. The summed E-state index contributed by atoms with van der Waals surface area (Å²) in [5.74, 6) is 0.553. The molecule has 4 nitrogen and oxygen atoms in total. The van der Waals surface area contributed by atoms with Gasteiger partial charge in [0, 0.05) is 23.4 Å². The number of furan rings is 1. The molecule has 100 valence electrons. The van der Waals surface area contributed by atoms with E-state index >= 15 is 0 Å². The fourth-order valence-corrected chi connectivity index (χ4v) is 1.98. The molecule has 0 radical (unpaired) electrons. The van der Waals surface area contributed by atoms with Gasteiger partial charge in [-0.2, -0.15) is 4.39 Å². The second-order valence-corrected chi connectivity index (χ2v) is 4.43. The predicted molar refractivity (Wildman–Crippen MR) is 68.3 cm³/mol. The lowest BCUT2D eigenvalue weighted by molar-refractivity contribution is 0.0939. The van der Waals surface area contributed by atoms with Gasteiger partial charge in [-0.15, -0.1) is 0 Å². The Hall–Kier alpha value is -2.17. The van der Waals surface area contributed by atoms with Gasteiger partial charge in [0.05, 0.1) is 6.04 Å². The Morgan fingerprint density at radius 1 is 1.42 bits per heavy atom. The van der Waals surface area contributed by atoms with E-state index in [1.165, 1.54) is 12.3 Å². The Morgan fingerprint density at radius 3 is 2.74 bits per heavy atom. The van der Waals surface area contributed by atoms with Crippen LogP contribution in [0.15, 0.2) is 28.8 Å². The topological polar surface area (TPSA) is 55.1 Å². The third kappa shape index (κ3) is 2.99. The Kier molecular flexibility index (Phi) is 3.64. The molecule has 1 N–H and O–H groups in total. The van der Waals surface area contributed by atoms with Gasteiger partial charge in [-0.3, -0.25) is 4.79 Å². The molecule has 1 amide bonds. The fourth-order valence-electron chi connectivity index (χ4n) is 1.98. The van der Waals surface area contributed by atoms with Crippen molar-refractivity contribution in [3.63, 3.8) is 0 Å². The summed E-state index contributed by atoms with van der Waals surface area (Å²) in [6.07, 6.45) is 1.27. The zero-order valence-corrected chi connectivity index (χ0v) is 11.0. The van der Waals surface area contributed by atoms with Gasteiger partial charge in [0.2, 0.25) is 5.95 Å². The van der Waals surface area contributed by atoms with E-state index in [4.69, 9.17) is 4.42 Å². The molecule has 0 aromatic carbocycles. The van der Waals surface area contributed by atoms with E-state index in [2.05, 4.69) is 10.3 Å². The average molecular weight is 262 g/mol. The van der Waals surface area contributed by atoms with Crippen molar-refractivity contribution >= 4 is 5.91 Å². The second kappa shape index (κ2) is 5.22. The van der Waals surface area contributed by atoms with Crippen LogP contribution in [0.4, 0.5) is 4.39 Å². The first-order valence-corrected chi connectivity index (χ1v) is 5.96. The molecule has 0 spiro atoms. The molecule has 2 heterocycles. The molecule has 2 aromatic rings. The summed E-state index contributed by atoms with van der Waals surface area (Å²) >= 11 is 0. The molecule has 0 bridgehead atoms. The minimum Gasteiger partial charge on any atom is -0.466 e. The lowest BCUT2D eigenvalue weighted by Gasteiger charge is -2.13. The summed E-state index contributed by atoms with van der Waals surface area (Å²) in [5.41, 5.74) is 1.16. The highest BCUT2D eigenvalue weighted by Crippen LogP contribution is 2.21. The van der Waals surface area contributed by atoms with Crippen LogP contribution >= 0.6 is 0 Å². The van der Waals surface area contributed by atoms with Crippen molar-refractivity contribution in [2.24, 2.45) is 0 Å². The van der Waals surface area contributed by atoms with Crippen molar-refractivity contribution in [1.82, 2.24) is 10.3 Å². The summed E-state index contributed by atoms with van der Waals surface area (Å²) in [4.78, 5) is 15.4. The number of halogens is 1. The first kappa shape index (κ1) is 13.3. The van der Waals surface area contributed by atoms with E-state index in [0.717, 1.165) is 23.2 Å². The van der Waals surface area contributed by atoms with Gasteiger partial charge < -0.3 is 9.73 Å². The number of hydrogen-bond donors (Lipinski definition) is 1. The van der Waals surface area contributed by atoms with Gasteiger partial charge in [-0.1, -0.05) is 0 Å². The quantitative estimate of drug-likeness (QED) is 0.865. The van der Waals surface area contributed by atoms with Gasteiger partial charge in [0.15, 0.2) is 0 Å². The van der Waals surface area contributed by atoms with Gasteiger partial charge >= 0.3 is 0 Å². The number of nitrogens with one attached hydrogen (secondary N) is 1. The van der Waals surface area contributed by atoms with Gasteiger partial charge in [-0.05, 0) is 32.9 Å². The van der Waals surface area contributed by atoms with E-state index in [1.54, 1.807) is 0 Å². The van der Waals surface area contributed by atoms with Crippen molar-refractivity contribution in [2.75, 3.05) is 0 Å². The lowest BCUT2D eigenvalue weighted by Crippen LogP contribution is -2.26. The first-order chi connectivity index (χ1) is 8.97. The van der Waals surface area contributed by atoms with Crippen LogP contribution in [0.5, 0.6) is 0 Å². The zero-order valence-electron chi connectivity index (χ0n) is 11.0. The normalized spacial score (nSPS) is 12.2. The van der Waals surface area contributed by atoms with Crippen LogP contribution in [-0.2, 0) is 0 Å². The Labute approximate surface area is 110 Å². The van der Waals surface area contributed by atoms with E-state index in [-0.39, 0.29) is 17.5 Å². The number of nitrogens with zero attached hydrogens (tertiary/aromatic N) is 1. The van der Waals surface area contributed by atoms with Gasteiger partial charge in [-0.25, -0.2) is 4.98 Å². The Bertz CT molecular complexity index is 607. The maximum absolute atomic E-state index is 12.9.